The second-order valence-electron chi connectivity index (χ2n) is 5.11. The van der Waals surface area contributed by atoms with E-state index in [0.29, 0.717) is 22.9 Å². The standard InChI is InChI=1S/C18H19ClN2O4/c1-3-24-15-8-10-16(11-9-15)25-12(2)17(22)20-21-18(23)13-4-6-14(19)7-5-13/h4-12H,3H2,1-2H3,(H,20,22)(H,21,23). The zero-order valence-electron chi connectivity index (χ0n) is 13.9. The molecule has 0 bridgehead atoms. The molecule has 0 radical (unpaired) electrons. The lowest BCUT2D eigenvalue weighted by molar-refractivity contribution is -0.128. The Morgan fingerprint density at radius 3 is 2.20 bits per heavy atom. The van der Waals surface area contributed by atoms with Crippen LogP contribution in [0.4, 0.5) is 0 Å². The van der Waals surface area contributed by atoms with Gasteiger partial charge in [-0.2, -0.15) is 0 Å². The molecule has 2 aromatic carbocycles. The summed E-state index contributed by atoms with van der Waals surface area (Å²) in [6, 6.07) is 13.2. The Morgan fingerprint density at radius 2 is 1.60 bits per heavy atom. The van der Waals surface area contributed by atoms with Crippen molar-refractivity contribution in [2.45, 2.75) is 20.0 Å². The van der Waals surface area contributed by atoms with E-state index < -0.39 is 17.9 Å². The SMILES string of the molecule is CCOc1ccc(OC(C)C(=O)NNC(=O)c2ccc(Cl)cc2)cc1. The first kappa shape index (κ1) is 18.6. The number of hydrogen-bond acceptors (Lipinski definition) is 4. The molecule has 0 aliphatic carbocycles. The van der Waals surface area contributed by atoms with Gasteiger partial charge in [0.25, 0.3) is 11.8 Å². The monoisotopic (exact) mass is 362 g/mol. The van der Waals surface area contributed by atoms with Gasteiger partial charge >= 0.3 is 0 Å². The summed E-state index contributed by atoms with van der Waals surface area (Å²) >= 11 is 5.76. The molecule has 0 aliphatic rings. The zero-order chi connectivity index (χ0) is 18.2. The van der Waals surface area contributed by atoms with Crippen molar-refractivity contribution >= 4 is 23.4 Å². The van der Waals surface area contributed by atoms with E-state index in [-0.39, 0.29) is 0 Å². The van der Waals surface area contributed by atoms with E-state index in [0.717, 1.165) is 5.75 Å². The van der Waals surface area contributed by atoms with Gasteiger partial charge in [-0.05, 0) is 62.4 Å². The second-order valence-corrected chi connectivity index (χ2v) is 5.55. The van der Waals surface area contributed by atoms with Gasteiger partial charge in [0.15, 0.2) is 6.10 Å². The molecule has 0 aromatic heterocycles. The molecule has 132 valence electrons. The third kappa shape index (κ3) is 5.69. The van der Waals surface area contributed by atoms with Gasteiger partial charge in [0.2, 0.25) is 0 Å². The van der Waals surface area contributed by atoms with Crippen LogP contribution in [0, 0.1) is 0 Å². The van der Waals surface area contributed by atoms with E-state index in [4.69, 9.17) is 21.1 Å². The van der Waals surface area contributed by atoms with Crippen molar-refractivity contribution < 1.29 is 19.1 Å². The maximum absolute atomic E-state index is 12.0. The third-order valence-electron chi connectivity index (χ3n) is 3.22. The summed E-state index contributed by atoms with van der Waals surface area (Å²) in [4.78, 5) is 23.9. The Labute approximate surface area is 151 Å². The van der Waals surface area contributed by atoms with E-state index in [9.17, 15) is 9.59 Å². The molecular weight excluding hydrogens is 344 g/mol. The Bertz CT molecular complexity index is 717. The van der Waals surface area contributed by atoms with Crippen LogP contribution in [-0.2, 0) is 4.79 Å². The van der Waals surface area contributed by atoms with Crippen molar-refractivity contribution in [2.75, 3.05) is 6.61 Å². The average Bonchev–Trinajstić information content (AvgIpc) is 2.61. The number of carbonyl (C=O) groups is 2. The topological polar surface area (TPSA) is 76.7 Å². The van der Waals surface area contributed by atoms with E-state index >= 15 is 0 Å². The molecule has 1 unspecified atom stereocenters. The van der Waals surface area contributed by atoms with Crippen LogP contribution in [0.5, 0.6) is 11.5 Å². The molecule has 0 aliphatic heterocycles. The van der Waals surface area contributed by atoms with Crippen molar-refractivity contribution in [1.29, 1.82) is 0 Å². The first-order chi connectivity index (χ1) is 12.0. The van der Waals surface area contributed by atoms with E-state index in [1.54, 1.807) is 55.5 Å². The Hall–Kier alpha value is -2.73. The highest BCUT2D eigenvalue weighted by Gasteiger charge is 2.16. The summed E-state index contributed by atoms with van der Waals surface area (Å²) in [5.41, 5.74) is 5.03. The minimum atomic E-state index is -0.788. The van der Waals surface area contributed by atoms with E-state index in [1.165, 1.54) is 0 Å². The fraction of sp³-hybridized carbons (Fsp3) is 0.222. The normalized spacial score (nSPS) is 11.3. The maximum atomic E-state index is 12.0. The number of rotatable bonds is 6. The maximum Gasteiger partial charge on any atom is 0.279 e. The number of nitrogens with one attached hydrogen (secondary N) is 2. The molecule has 0 spiro atoms. The van der Waals surface area contributed by atoms with Crippen LogP contribution in [0.1, 0.15) is 24.2 Å². The van der Waals surface area contributed by atoms with Crippen LogP contribution in [0.15, 0.2) is 48.5 Å². The quantitative estimate of drug-likeness (QED) is 0.774. The van der Waals surface area contributed by atoms with Crippen LogP contribution in [0.3, 0.4) is 0 Å². The second kappa shape index (κ2) is 8.94. The summed E-state index contributed by atoms with van der Waals surface area (Å²) in [7, 11) is 0. The first-order valence-corrected chi connectivity index (χ1v) is 8.12. The summed E-state index contributed by atoms with van der Waals surface area (Å²) in [6.45, 7) is 4.06. The minimum Gasteiger partial charge on any atom is -0.494 e. The predicted octanol–water partition coefficient (Wildman–Crippen LogP) is 2.97. The number of carbonyl (C=O) groups excluding carboxylic acids is 2. The van der Waals surface area contributed by atoms with Crippen molar-refractivity contribution in [1.82, 2.24) is 10.9 Å². The van der Waals surface area contributed by atoms with Crippen molar-refractivity contribution in [2.24, 2.45) is 0 Å². The number of ether oxygens (including phenoxy) is 2. The van der Waals surface area contributed by atoms with Gasteiger partial charge in [-0.1, -0.05) is 11.6 Å². The molecule has 2 amide bonds. The van der Waals surface area contributed by atoms with Gasteiger partial charge in [-0.3, -0.25) is 20.4 Å². The molecule has 0 fully saturated rings. The van der Waals surface area contributed by atoms with Crippen LogP contribution in [0.2, 0.25) is 5.02 Å². The highest BCUT2D eigenvalue weighted by atomic mass is 35.5. The van der Waals surface area contributed by atoms with Gasteiger partial charge in [0, 0.05) is 10.6 Å². The summed E-state index contributed by atoms with van der Waals surface area (Å²) in [5.74, 6) is 0.326. The Kier molecular flexibility index (Phi) is 6.65. The van der Waals surface area contributed by atoms with Crippen molar-refractivity contribution in [3.8, 4) is 11.5 Å². The highest BCUT2D eigenvalue weighted by Crippen LogP contribution is 2.18. The first-order valence-electron chi connectivity index (χ1n) is 7.75. The molecule has 25 heavy (non-hydrogen) atoms. The Morgan fingerprint density at radius 1 is 1.00 bits per heavy atom. The minimum absolute atomic E-state index is 0.379. The summed E-state index contributed by atoms with van der Waals surface area (Å²) < 4.78 is 10.9. The average molecular weight is 363 g/mol. The molecule has 7 heteroatoms. The molecule has 2 N–H and O–H groups in total. The van der Waals surface area contributed by atoms with E-state index in [2.05, 4.69) is 10.9 Å². The molecule has 2 aromatic rings. The lowest BCUT2D eigenvalue weighted by Crippen LogP contribution is -2.47. The summed E-state index contributed by atoms with van der Waals surface area (Å²) in [6.07, 6.45) is -0.788. The van der Waals surface area contributed by atoms with Gasteiger partial charge < -0.3 is 9.47 Å². The predicted molar refractivity (Wildman–Crippen MR) is 94.8 cm³/mol. The fourth-order valence-corrected chi connectivity index (χ4v) is 2.06. The zero-order valence-corrected chi connectivity index (χ0v) is 14.7. The number of benzene rings is 2. The smallest absolute Gasteiger partial charge is 0.279 e. The Balaban J connectivity index is 1.83. The van der Waals surface area contributed by atoms with Crippen LogP contribution >= 0.6 is 11.6 Å². The van der Waals surface area contributed by atoms with Gasteiger partial charge in [0.05, 0.1) is 6.61 Å². The van der Waals surface area contributed by atoms with Gasteiger partial charge in [-0.25, -0.2) is 0 Å². The van der Waals surface area contributed by atoms with Crippen molar-refractivity contribution in [3.63, 3.8) is 0 Å². The fourth-order valence-electron chi connectivity index (χ4n) is 1.93. The van der Waals surface area contributed by atoms with E-state index in [1.807, 2.05) is 6.92 Å². The number of amides is 2. The molecule has 0 heterocycles. The lowest BCUT2D eigenvalue weighted by Gasteiger charge is -2.15. The molecule has 0 saturated carbocycles. The van der Waals surface area contributed by atoms with Crippen LogP contribution < -0.4 is 20.3 Å². The largest absolute Gasteiger partial charge is 0.494 e. The number of halogens is 1. The molecule has 6 nitrogen and oxygen atoms in total. The third-order valence-corrected chi connectivity index (χ3v) is 3.47. The molecule has 1 atom stereocenters. The van der Waals surface area contributed by atoms with Crippen LogP contribution in [0.25, 0.3) is 0 Å². The van der Waals surface area contributed by atoms with Gasteiger partial charge in [-0.15, -0.1) is 0 Å². The number of hydrogen-bond donors (Lipinski definition) is 2. The van der Waals surface area contributed by atoms with Gasteiger partial charge in [0.1, 0.15) is 11.5 Å². The lowest BCUT2D eigenvalue weighted by atomic mass is 10.2. The molecular formula is C18H19ClN2O4. The highest BCUT2D eigenvalue weighted by molar-refractivity contribution is 6.30. The number of hydrazine groups is 1. The summed E-state index contributed by atoms with van der Waals surface area (Å²) in [5, 5.41) is 0.526. The van der Waals surface area contributed by atoms with Crippen LogP contribution in [-0.4, -0.2) is 24.5 Å². The van der Waals surface area contributed by atoms with Crippen molar-refractivity contribution in [3.05, 3.63) is 59.1 Å². The molecule has 2 rings (SSSR count). The molecule has 0 saturated heterocycles.